The molecule has 0 spiro atoms. The van der Waals surface area contributed by atoms with E-state index in [-0.39, 0.29) is 30.3 Å². The summed E-state index contributed by atoms with van der Waals surface area (Å²) in [5.41, 5.74) is 0.136. The maximum Gasteiger partial charge on any atom is 0.227 e. The number of carbonyl (C=O) groups excluding carboxylic acids is 1. The van der Waals surface area contributed by atoms with E-state index in [0.29, 0.717) is 25.2 Å². The number of fused-ring (bicyclic) bond motifs is 2. The lowest BCUT2D eigenvalue weighted by atomic mass is 10.1. The molecular formula is C15H19ClF2N2O. The molecule has 2 saturated heterocycles. The van der Waals surface area contributed by atoms with Crippen molar-refractivity contribution in [1.82, 2.24) is 10.2 Å². The zero-order chi connectivity index (χ0) is 14.1. The van der Waals surface area contributed by atoms with Crippen LogP contribution >= 0.6 is 12.4 Å². The van der Waals surface area contributed by atoms with E-state index in [1.165, 1.54) is 6.42 Å². The highest BCUT2D eigenvalue weighted by Crippen LogP contribution is 2.21. The van der Waals surface area contributed by atoms with Crippen molar-refractivity contribution in [2.24, 2.45) is 0 Å². The molecule has 3 rings (SSSR count). The lowest BCUT2D eigenvalue weighted by Crippen LogP contribution is -2.39. The number of nitrogens with zero attached hydrogens (tertiary/aromatic N) is 1. The van der Waals surface area contributed by atoms with Gasteiger partial charge in [0.05, 0.1) is 6.42 Å². The van der Waals surface area contributed by atoms with Gasteiger partial charge in [-0.2, -0.15) is 0 Å². The van der Waals surface area contributed by atoms with Crippen LogP contribution in [-0.4, -0.2) is 36.0 Å². The highest BCUT2D eigenvalue weighted by molar-refractivity contribution is 5.85. The van der Waals surface area contributed by atoms with E-state index in [1.54, 1.807) is 4.90 Å². The minimum atomic E-state index is -0.519. The van der Waals surface area contributed by atoms with Crippen molar-refractivity contribution in [3.8, 4) is 0 Å². The predicted molar refractivity (Wildman–Crippen MR) is 78.5 cm³/mol. The Morgan fingerprint density at radius 2 is 2.00 bits per heavy atom. The van der Waals surface area contributed by atoms with Gasteiger partial charge >= 0.3 is 0 Å². The topological polar surface area (TPSA) is 32.3 Å². The molecule has 0 saturated carbocycles. The molecule has 2 unspecified atom stereocenters. The Balaban J connectivity index is 0.00000161. The Morgan fingerprint density at radius 1 is 1.24 bits per heavy atom. The Labute approximate surface area is 129 Å². The van der Waals surface area contributed by atoms with Gasteiger partial charge in [0.1, 0.15) is 11.6 Å². The zero-order valence-electron chi connectivity index (χ0n) is 11.6. The molecule has 21 heavy (non-hydrogen) atoms. The van der Waals surface area contributed by atoms with Gasteiger partial charge in [-0.15, -0.1) is 12.4 Å². The number of likely N-dealkylation sites (tertiary alicyclic amines) is 1. The third-order valence-corrected chi connectivity index (χ3v) is 4.23. The minimum absolute atomic E-state index is 0. The van der Waals surface area contributed by atoms with Crippen LogP contribution in [0.1, 0.15) is 24.8 Å². The zero-order valence-corrected chi connectivity index (χ0v) is 12.5. The third-order valence-electron chi connectivity index (χ3n) is 4.23. The van der Waals surface area contributed by atoms with Crippen LogP contribution in [0.4, 0.5) is 8.78 Å². The number of carbonyl (C=O) groups is 1. The van der Waals surface area contributed by atoms with Gasteiger partial charge in [-0.05, 0) is 37.5 Å². The number of benzene rings is 1. The summed E-state index contributed by atoms with van der Waals surface area (Å²) in [5, 5.41) is 3.49. The fourth-order valence-corrected chi connectivity index (χ4v) is 3.12. The molecule has 2 aliphatic heterocycles. The predicted octanol–water partition coefficient (Wildman–Crippen LogP) is 2.28. The van der Waals surface area contributed by atoms with Crippen molar-refractivity contribution in [2.75, 3.05) is 13.1 Å². The monoisotopic (exact) mass is 316 g/mol. The third kappa shape index (κ3) is 3.71. The molecule has 1 amide bonds. The first kappa shape index (κ1) is 16.2. The molecule has 116 valence electrons. The normalized spacial score (nSPS) is 24.4. The summed E-state index contributed by atoms with van der Waals surface area (Å²) < 4.78 is 26.7. The van der Waals surface area contributed by atoms with Crippen molar-refractivity contribution in [3.05, 3.63) is 35.4 Å². The summed E-state index contributed by atoms with van der Waals surface area (Å²) in [6.07, 6.45) is 3.13. The smallest absolute Gasteiger partial charge is 0.227 e. The first-order chi connectivity index (χ1) is 9.61. The van der Waals surface area contributed by atoms with E-state index in [9.17, 15) is 13.6 Å². The average molecular weight is 317 g/mol. The number of nitrogens with one attached hydrogen (secondary N) is 1. The van der Waals surface area contributed by atoms with E-state index < -0.39 is 11.6 Å². The van der Waals surface area contributed by atoms with Crippen molar-refractivity contribution in [3.63, 3.8) is 0 Å². The van der Waals surface area contributed by atoms with Crippen molar-refractivity contribution < 1.29 is 13.6 Å². The maximum atomic E-state index is 13.6. The van der Waals surface area contributed by atoms with Crippen molar-refractivity contribution >= 4 is 18.3 Å². The fraction of sp³-hybridized carbons (Fsp3) is 0.533. The first-order valence-corrected chi connectivity index (χ1v) is 7.09. The molecule has 6 heteroatoms. The van der Waals surface area contributed by atoms with E-state index in [2.05, 4.69) is 5.32 Å². The van der Waals surface area contributed by atoms with Crippen LogP contribution in [0.3, 0.4) is 0 Å². The molecule has 2 aliphatic rings. The van der Waals surface area contributed by atoms with Gasteiger partial charge < -0.3 is 10.2 Å². The summed E-state index contributed by atoms with van der Waals surface area (Å²) in [6, 6.07) is 4.10. The summed E-state index contributed by atoms with van der Waals surface area (Å²) in [6.45, 7) is 1.37. The Bertz CT molecular complexity index is 526. The van der Waals surface area contributed by atoms with Gasteiger partial charge in [0.2, 0.25) is 5.91 Å². The molecule has 3 nitrogen and oxygen atoms in total. The molecule has 2 atom stereocenters. The molecule has 2 fully saturated rings. The number of rotatable bonds is 2. The van der Waals surface area contributed by atoms with E-state index in [1.807, 2.05) is 0 Å². The standard InChI is InChI=1S/C15H18F2N2O.ClH/c16-11-1-4-14(17)10(7-11)8-15(20)19-6-5-12-2-3-13(9-19)18-12;/h1,4,7,12-13,18H,2-3,5-6,8-9H2;1H. The van der Waals surface area contributed by atoms with E-state index in [0.717, 1.165) is 31.0 Å². The Kier molecular flexibility index (Phi) is 5.17. The van der Waals surface area contributed by atoms with E-state index >= 15 is 0 Å². The van der Waals surface area contributed by atoms with Crippen molar-refractivity contribution in [2.45, 2.75) is 37.8 Å². The molecule has 1 aromatic carbocycles. The summed E-state index contributed by atoms with van der Waals surface area (Å²) in [7, 11) is 0. The number of hydrogen-bond acceptors (Lipinski definition) is 2. The summed E-state index contributed by atoms with van der Waals surface area (Å²) in [5.74, 6) is -1.15. The summed E-state index contributed by atoms with van der Waals surface area (Å²) >= 11 is 0. The lowest BCUT2D eigenvalue weighted by molar-refractivity contribution is -0.130. The number of halogens is 3. The van der Waals surface area contributed by atoms with Crippen molar-refractivity contribution in [1.29, 1.82) is 0 Å². The minimum Gasteiger partial charge on any atom is -0.341 e. The highest BCUT2D eigenvalue weighted by Gasteiger charge is 2.31. The van der Waals surface area contributed by atoms with Crippen LogP contribution in [-0.2, 0) is 11.2 Å². The van der Waals surface area contributed by atoms with Crippen LogP contribution in [0.2, 0.25) is 0 Å². The largest absolute Gasteiger partial charge is 0.341 e. The lowest BCUT2D eigenvalue weighted by Gasteiger charge is -2.24. The van der Waals surface area contributed by atoms with Crippen LogP contribution in [0.5, 0.6) is 0 Å². The molecule has 1 N–H and O–H groups in total. The Hall–Kier alpha value is -1.20. The van der Waals surface area contributed by atoms with Gasteiger partial charge in [-0.25, -0.2) is 8.78 Å². The van der Waals surface area contributed by atoms with Gasteiger partial charge in [0.15, 0.2) is 0 Å². The second-order valence-corrected chi connectivity index (χ2v) is 5.68. The molecular weight excluding hydrogens is 298 g/mol. The second-order valence-electron chi connectivity index (χ2n) is 5.68. The maximum absolute atomic E-state index is 13.6. The van der Waals surface area contributed by atoms with Gasteiger partial charge in [0, 0.05) is 30.7 Å². The highest BCUT2D eigenvalue weighted by atomic mass is 35.5. The van der Waals surface area contributed by atoms with Crippen LogP contribution in [0, 0.1) is 11.6 Å². The molecule has 2 bridgehead atoms. The fourth-order valence-electron chi connectivity index (χ4n) is 3.12. The van der Waals surface area contributed by atoms with Gasteiger partial charge in [-0.1, -0.05) is 0 Å². The Morgan fingerprint density at radius 3 is 2.81 bits per heavy atom. The molecule has 1 aromatic rings. The van der Waals surface area contributed by atoms with E-state index in [4.69, 9.17) is 0 Å². The summed E-state index contributed by atoms with van der Waals surface area (Å²) in [4.78, 5) is 14.0. The molecule has 2 heterocycles. The molecule has 0 aromatic heterocycles. The van der Waals surface area contributed by atoms with Gasteiger partial charge in [-0.3, -0.25) is 4.79 Å². The first-order valence-electron chi connectivity index (χ1n) is 7.09. The average Bonchev–Trinajstić information content (AvgIpc) is 2.73. The molecule has 0 aliphatic carbocycles. The van der Waals surface area contributed by atoms with Crippen LogP contribution < -0.4 is 5.32 Å². The number of amides is 1. The van der Waals surface area contributed by atoms with Gasteiger partial charge in [0.25, 0.3) is 0 Å². The number of hydrogen-bond donors (Lipinski definition) is 1. The quantitative estimate of drug-likeness (QED) is 0.908. The van der Waals surface area contributed by atoms with Crippen LogP contribution in [0.15, 0.2) is 18.2 Å². The SMILES string of the molecule is Cl.O=C(Cc1cc(F)ccc1F)N1CCC2CCC(C1)N2. The van der Waals surface area contributed by atoms with Crippen LogP contribution in [0.25, 0.3) is 0 Å². The second kappa shape index (κ2) is 6.71. The molecule has 0 radical (unpaired) electrons.